The Morgan fingerprint density at radius 3 is 2.21 bits per heavy atom. The lowest BCUT2D eigenvalue weighted by Crippen LogP contribution is -2.11. The smallest absolute Gasteiger partial charge is 0.378 e. The van der Waals surface area contributed by atoms with E-state index in [4.69, 9.17) is 0 Å². The number of aromatic amines is 1. The van der Waals surface area contributed by atoms with E-state index in [0.29, 0.717) is 16.6 Å². The molecule has 24 heavy (non-hydrogen) atoms. The maximum absolute atomic E-state index is 12.6. The number of aromatic nitrogens is 1. The Bertz CT molecular complexity index is 941. The van der Waals surface area contributed by atoms with Gasteiger partial charge in [-0.05, 0) is 41.3 Å². The molecule has 0 aliphatic carbocycles. The molecule has 0 spiro atoms. The standard InChI is InChI=1S/C18H15F3N2O/c1-23(2)14-8-5-12-9-16(22-17(24)15(12)10-14)11-3-6-13(7-4-11)18(19,20)21/h3-10H,1-2H3,(H,22,24). The van der Waals surface area contributed by atoms with Crippen molar-refractivity contribution in [1.82, 2.24) is 4.98 Å². The Kier molecular flexibility index (Phi) is 3.83. The lowest BCUT2D eigenvalue weighted by molar-refractivity contribution is -0.137. The van der Waals surface area contributed by atoms with Gasteiger partial charge in [-0.15, -0.1) is 0 Å². The quantitative estimate of drug-likeness (QED) is 0.760. The van der Waals surface area contributed by atoms with Crippen molar-refractivity contribution >= 4 is 16.5 Å². The minimum absolute atomic E-state index is 0.272. The zero-order valence-corrected chi connectivity index (χ0v) is 13.1. The molecule has 3 aromatic rings. The molecule has 1 aromatic heterocycles. The van der Waals surface area contributed by atoms with Crippen LogP contribution in [-0.2, 0) is 6.18 Å². The van der Waals surface area contributed by atoms with Crippen LogP contribution in [-0.4, -0.2) is 19.1 Å². The summed E-state index contributed by atoms with van der Waals surface area (Å²) in [5, 5.41) is 1.27. The van der Waals surface area contributed by atoms with Crippen LogP contribution in [0.15, 0.2) is 53.3 Å². The molecule has 1 heterocycles. The summed E-state index contributed by atoms with van der Waals surface area (Å²) >= 11 is 0. The molecule has 0 fully saturated rings. The molecule has 0 saturated heterocycles. The third kappa shape index (κ3) is 2.99. The summed E-state index contributed by atoms with van der Waals surface area (Å²) in [6.45, 7) is 0. The molecule has 0 saturated carbocycles. The van der Waals surface area contributed by atoms with E-state index in [-0.39, 0.29) is 5.56 Å². The number of H-pyrrole nitrogens is 1. The Hall–Kier alpha value is -2.76. The van der Waals surface area contributed by atoms with Crippen LogP contribution in [0.5, 0.6) is 0 Å². The second-order valence-corrected chi connectivity index (χ2v) is 5.75. The van der Waals surface area contributed by atoms with Gasteiger partial charge in [0.05, 0.1) is 5.56 Å². The zero-order chi connectivity index (χ0) is 17.5. The monoisotopic (exact) mass is 332 g/mol. The van der Waals surface area contributed by atoms with Gasteiger partial charge >= 0.3 is 6.18 Å². The maximum Gasteiger partial charge on any atom is 0.416 e. The lowest BCUT2D eigenvalue weighted by Gasteiger charge is -2.13. The number of rotatable bonds is 2. The van der Waals surface area contributed by atoms with Crippen LogP contribution in [0.1, 0.15) is 5.56 Å². The summed E-state index contributed by atoms with van der Waals surface area (Å²) in [7, 11) is 3.76. The van der Waals surface area contributed by atoms with Crippen LogP contribution in [0.2, 0.25) is 0 Å². The molecule has 0 unspecified atom stereocenters. The number of halogens is 3. The van der Waals surface area contributed by atoms with Crippen LogP contribution < -0.4 is 10.5 Å². The van der Waals surface area contributed by atoms with Crippen molar-refractivity contribution in [3.8, 4) is 11.3 Å². The van der Waals surface area contributed by atoms with Gasteiger partial charge in [-0.2, -0.15) is 13.2 Å². The van der Waals surface area contributed by atoms with Crippen LogP contribution in [0.4, 0.5) is 18.9 Å². The molecule has 0 radical (unpaired) electrons. The SMILES string of the molecule is CN(C)c1ccc2cc(-c3ccc(C(F)(F)F)cc3)[nH]c(=O)c2c1. The van der Waals surface area contributed by atoms with Gasteiger partial charge in [-0.25, -0.2) is 0 Å². The van der Waals surface area contributed by atoms with E-state index in [9.17, 15) is 18.0 Å². The fourth-order valence-corrected chi connectivity index (χ4v) is 2.52. The van der Waals surface area contributed by atoms with Crippen LogP contribution >= 0.6 is 0 Å². The molecule has 0 aliphatic heterocycles. The average Bonchev–Trinajstić information content (AvgIpc) is 2.53. The topological polar surface area (TPSA) is 36.1 Å². The lowest BCUT2D eigenvalue weighted by atomic mass is 10.0. The van der Waals surface area contributed by atoms with Gasteiger partial charge in [0.1, 0.15) is 0 Å². The molecule has 2 aromatic carbocycles. The minimum Gasteiger partial charge on any atom is -0.378 e. The molecule has 0 amide bonds. The molecular weight excluding hydrogens is 317 g/mol. The van der Waals surface area contributed by atoms with Gasteiger partial charge in [0.25, 0.3) is 5.56 Å². The second kappa shape index (κ2) is 5.70. The average molecular weight is 332 g/mol. The van der Waals surface area contributed by atoms with E-state index in [1.807, 2.05) is 31.1 Å². The van der Waals surface area contributed by atoms with Gasteiger partial charge < -0.3 is 9.88 Å². The normalized spacial score (nSPS) is 11.7. The van der Waals surface area contributed by atoms with E-state index < -0.39 is 11.7 Å². The first-order valence-electron chi connectivity index (χ1n) is 7.28. The molecular formula is C18H15F3N2O. The summed E-state index contributed by atoms with van der Waals surface area (Å²) in [5.41, 5.74) is 0.920. The van der Waals surface area contributed by atoms with E-state index in [2.05, 4.69) is 4.98 Å². The Labute approximate surface area is 136 Å². The number of fused-ring (bicyclic) bond motifs is 1. The van der Waals surface area contributed by atoms with Gasteiger partial charge in [0.2, 0.25) is 0 Å². The zero-order valence-electron chi connectivity index (χ0n) is 13.1. The number of alkyl halides is 3. The Morgan fingerprint density at radius 2 is 1.62 bits per heavy atom. The van der Waals surface area contributed by atoms with Crippen molar-refractivity contribution in [3.63, 3.8) is 0 Å². The van der Waals surface area contributed by atoms with Crippen LogP contribution in [0.25, 0.3) is 22.0 Å². The number of hydrogen-bond donors (Lipinski definition) is 1. The molecule has 0 atom stereocenters. The van der Waals surface area contributed by atoms with Crippen LogP contribution in [0, 0.1) is 0 Å². The van der Waals surface area contributed by atoms with Crippen molar-refractivity contribution in [3.05, 3.63) is 64.4 Å². The summed E-state index contributed by atoms with van der Waals surface area (Å²) in [6, 6.07) is 12.0. The number of nitrogens with one attached hydrogen (secondary N) is 1. The minimum atomic E-state index is -4.38. The van der Waals surface area contributed by atoms with Crippen LogP contribution in [0.3, 0.4) is 0 Å². The second-order valence-electron chi connectivity index (χ2n) is 5.75. The van der Waals surface area contributed by atoms with Crippen molar-refractivity contribution in [2.24, 2.45) is 0 Å². The summed E-state index contributed by atoms with van der Waals surface area (Å²) < 4.78 is 37.9. The fourth-order valence-electron chi connectivity index (χ4n) is 2.52. The van der Waals surface area contributed by atoms with Gasteiger partial charge in [0.15, 0.2) is 0 Å². The molecule has 6 heteroatoms. The Morgan fingerprint density at radius 1 is 0.958 bits per heavy atom. The maximum atomic E-state index is 12.6. The number of hydrogen-bond acceptors (Lipinski definition) is 2. The Balaban J connectivity index is 2.08. The molecule has 0 bridgehead atoms. The molecule has 3 rings (SSSR count). The first-order valence-corrected chi connectivity index (χ1v) is 7.28. The highest BCUT2D eigenvalue weighted by molar-refractivity contribution is 5.87. The number of benzene rings is 2. The fraction of sp³-hybridized carbons (Fsp3) is 0.167. The van der Waals surface area contributed by atoms with Gasteiger partial charge in [0, 0.05) is 30.9 Å². The highest BCUT2D eigenvalue weighted by Crippen LogP contribution is 2.31. The van der Waals surface area contributed by atoms with Crippen molar-refractivity contribution in [2.45, 2.75) is 6.18 Å². The van der Waals surface area contributed by atoms with Crippen molar-refractivity contribution in [2.75, 3.05) is 19.0 Å². The van der Waals surface area contributed by atoms with E-state index in [0.717, 1.165) is 23.2 Å². The predicted molar refractivity (Wildman–Crippen MR) is 89.3 cm³/mol. The van der Waals surface area contributed by atoms with Crippen molar-refractivity contribution in [1.29, 1.82) is 0 Å². The molecule has 1 N–H and O–H groups in total. The number of anilines is 1. The van der Waals surface area contributed by atoms with E-state index in [1.54, 1.807) is 12.1 Å². The van der Waals surface area contributed by atoms with Gasteiger partial charge in [-0.3, -0.25) is 4.79 Å². The largest absolute Gasteiger partial charge is 0.416 e. The molecule has 124 valence electrons. The van der Waals surface area contributed by atoms with Gasteiger partial charge in [-0.1, -0.05) is 18.2 Å². The third-order valence-corrected chi connectivity index (χ3v) is 3.87. The summed E-state index contributed by atoms with van der Waals surface area (Å²) in [4.78, 5) is 16.9. The van der Waals surface area contributed by atoms with E-state index in [1.165, 1.54) is 12.1 Å². The number of pyridine rings is 1. The number of nitrogens with zero attached hydrogens (tertiary/aromatic N) is 1. The van der Waals surface area contributed by atoms with Crippen molar-refractivity contribution < 1.29 is 13.2 Å². The predicted octanol–water partition coefficient (Wildman–Crippen LogP) is 4.28. The van der Waals surface area contributed by atoms with E-state index >= 15 is 0 Å². The highest BCUT2D eigenvalue weighted by Gasteiger charge is 2.30. The summed E-state index contributed by atoms with van der Waals surface area (Å²) in [5.74, 6) is 0. The molecule has 3 nitrogen and oxygen atoms in total. The summed E-state index contributed by atoms with van der Waals surface area (Å²) in [6.07, 6.45) is -4.38. The first kappa shape index (κ1) is 16.1. The molecule has 0 aliphatic rings. The third-order valence-electron chi connectivity index (χ3n) is 3.87. The highest BCUT2D eigenvalue weighted by atomic mass is 19.4. The first-order chi connectivity index (χ1) is 11.3.